The van der Waals surface area contributed by atoms with E-state index in [2.05, 4.69) is 10.3 Å². The molecule has 100 valence electrons. The fourth-order valence-corrected chi connectivity index (χ4v) is 1.29. The van der Waals surface area contributed by atoms with Gasteiger partial charge in [0.15, 0.2) is 0 Å². The maximum atomic E-state index is 11.8. The summed E-state index contributed by atoms with van der Waals surface area (Å²) in [6.07, 6.45) is 3.13. The van der Waals surface area contributed by atoms with Crippen LogP contribution in [-0.4, -0.2) is 36.3 Å². The highest BCUT2D eigenvalue weighted by Gasteiger charge is 2.15. The minimum atomic E-state index is -0.637. The number of ether oxygens (including phenoxy) is 1. The van der Waals surface area contributed by atoms with Gasteiger partial charge in [-0.2, -0.15) is 0 Å². The van der Waals surface area contributed by atoms with E-state index in [9.17, 15) is 14.4 Å². The molecular weight excluding hydrogens is 248 g/mol. The average Bonchev–Trinajstić information content (AvgIpc) is 2.43. The highest BCUT2D eigenvalue weighted by atomic mass is 16.5. The van der Waals surface area contributed by atoms with Gasteiger partial charge in [0, 0.05) is 12.3 Å². The number of rotatable bonds is 6. The Morgan fingerprint density at radius 3 is 2.79 bits per heavy atom. The second-order valence-corrected chi connectivity index (χ2v) is 3.41. The minimum absolute atomic E-state index is 0.0471. The van der Waals surface area contributed by atoms with Crippen molar-refractivity contribution < 1.29 is 19.1 Å². The molecule has 6 nitrogen and oxygen atoms in total. The van der Waals surface area contributed by atoms with E-state index < -0.39 is 11.9 Å². The molecule has 1 rings (SSSR count). The van der Waals surface area contributed by atoms with Crippen LogP contribution in [-0.2, 0) is 19.1 Å². The van der Waals surface area contributed by atoms with Crippen molar-refractivity contribution in [3.05, 3.63) is 36.2 Å². The van der Waals surface area contributed by atoms with E-state index in [-0.39, 0.29) is 18.7 Å². The van der Waals surface area contributed by atoms with Crippen LogP contribution in [0, 0.1) is 0 Å². The molecule has 0 saturated carbocycles. The van der Waals surface area contributed by atoms with Gasteiger partial charge in [0.2, 0.25) is 5.91 Å². The monoisotopic (exact) mass is 262 g/mol. The highest BCUT2D eigenvalue weighted by molar-refractivity contribution is 6.20. The van der Waals surface area contributed by atoms with E-state index in [0.29, 0.717) is 12.0 Å². The van der Waals surface area contributed by atoms with Crippen LogP contribution in [0.4, 0.5) is 0 Å². The minimum Gasteiger partial charge on any atom is -0.462 e. The van der Waals surface area contributed by atoms with Crippen molar-refractivity contribution in [1.29, 1.82) is 0 Å². The van der Waals surface area contributed by atoms with E-state index in [1.807, 2.05) is 0 Å². The van der Waals surface area contributed by atoms with E-state index in [4.69, 9.17) is 4.74 Å². The zero-order valence-corrected chi connectivity index (χ0v) is 10.5. The molecule has 6 heteroatoms. The number of nitrogens with one attached hydrogen (secondary N) is 1. The Morgan fingerprint density at radius 1 is 1.42 bits per heavy atom. The number of aldehydes is 1. The summed E-state index contributed by atoms with van der Waals surface area (Å²) < 4.78 is 4.87. The van der Waals surface area contributed by atoms with Crippen LogP contribution in [0.5, 0.6) is 0 Å². The smallest absolute Gasteiger partial charge is 0.340 e. The molecule has 1 heterocycles. The molecule has 0 radical (unpaired) electrons. The summed E-state index contributed by atoms with van der Waals surface area (Å²) in [5.74, 6) is -1.19. The quantitative estimate of drug-likeness (QED) is 0.454. The zero-order chi connectivity index (χ0) is 14.1. The maximum Gasteiger partial charge on any atom is 0.340 e. The van der Waals surface area contributed by atoms with Crippen LogP contribution in [0.1, 0.15) is 12.6 Å². The van der Waals surface area contributed by atoms with Crippen molar-refractivity contribution in [1.82, 2.24) is 10.3 Å². The number of esters is 1. The van der Waals surface area contributed by atoms with Crippen molar-refractivity contribution >= 4 is 23.7 Å². The largest absolute Gasteiger partial charge is 0.462 e. The molecule has 0 aromatic carbocycles. The van der Waals surface area contributed by atoms with Gasteiger partial charge in [0.25, 0.3) is 0 Å². The van der Waals surface area contributed by atoms with Gasteiger partial charge in [-0.15, -0.1) is 0 Å². The van der Waals surface area contributed by atoms with Crippen LogP contribution >= 0.6 is 0 Å². The number of hydrogen-bond donors (Lipinski definition) is 1. The predicted octanol–water partition coefficient (Wildman–Crippen LogP) is 0.343. The second-order valence-electron chi connectivity index (χ2n) is 3.41. The first kappa shape index (κ1) is 14.6. The molecule has 1 aromatic rings. The molecular formula is C13H14N2O4. The Morgan fingerprint density at radius 2 is 2.21 bits per heavy atom. The molecule has 19 heavy (non-hydrogen) atoms. The normalized spacial score (nSPS) is 10.7. The Balaban J connectivity index is 2.99. The Hall–Kier alpha value is -2.50. The molecule has 1 aromatic heterocycles. The Labute approximate surface area is 110 Å². The van der Waals surface area contributed by atoms with Crippen molar-refractivity contribution in [2.45, 2.75) is 6.92 Å². The fraction of sp³-hybridized carbons (Fsp3) is 0.231. The number of nitrogens with zero attached hydrogens (tertiary/aromatic N) is 1. The molecule has 0 spiro atoms. The van der Waals surface area contributed by atoms with Crippen molar-refractivity contribution in [3.63, 3.8) is 0 Å². The molecule has 0 unspecified atom stereocenters. The van der Waals surface area contributed by atoms with E-state index in [0.717, 1.165) is 6.08 Å². The van der Waals surface area contributed by atoms with Gasteiger partial charge in [-0.3, -0.25) is 9.78 Å². The Kier molecular flexibility index (Phi) is 5.94. The lowest BCUT2D eigenvalue weighted by atomic mass is 10.1. The molecule has 0 aliphatic rings. The third-order valence-corrected chi connectivity index (χ3v) is 2.07. The lowest BCUT2D eigenvalue weighted by Crippen LogP contribution is -2.24. The zero-order valence-electron chi connectivity index (χ0n) is 10.5. The summed E-state index contributed by atoms with van der Waals surface area (Å²) in [5.41, 5.74) is 0.382. The molecule has 0 saturated heterocycles. The first-order valence-corrected chi connectivity index (χ1v) is 5.70. The molecule has 0 fully saturated rings. The third kappa shape index (κ3) is 4.71. The van der Waals surface area contributed by atoms with E-state index >= 15 is 0 Å². The molecule has 0 aliphatic carbocycles. The van der Waals surface area contributed by atoms with Crippen LogP contribution in [0.2, 0.25) is 0 Å². The summed E-state index contributed by atoms with van der Waals surface area (Å²) in [5, 5.41) is 2.31. The van der Waals surface area contributed by atoms with E-state index in [1.54, 1.807) is 25.1 Å². The van der Waals surface area contributed by atoms with Crippen molar-refractivity contribution in [2.24, 2.45) is 0 Å². The topological polar surface area (TPSA) is 85.4 Å². The number of carbonyl (C=O) groups is 3. The first-order chi connectivity index (χ1) is 9.19. The van der Waals surface area contributed by atoms with Crippen LogP contribution < -0.4 is 5.32 Å². The Bertz CT molecular complexity index is 483. The summed E-state index contributed by atoms with van der Waals surface area (Å²) in [4.78, 5) is 37.4. The van der Waals surface area contributed by atoms with Gasteiger partial charge in [-0.05, 0) is 19.1 Å². The van der Waals surface area contributed by atoms with Crippen molar-refractivity contribution in [3.8, 4) is 0 Å². The van der Waals surface area contributed by atoms with Crippen molar-refractivity contribution in [2.75, 3.05) is 13.2 Å². The van der Waals surface area contributed by atoms with Gasteiger partial charge in [0.1, 0.15) is 6.29 Å². The molecule has 0 aliphatic heterocycles. The van der Waals surface area contributed by atoms with Crippen LogP contribution in [0.15, 0.2) is 30.5 Å². The maximum absolute atomic E-state index is 11.8. The number of hydrogen-bond acceptors (Lipinski definition) is 5. The van der Waals surface area contributed by atoms with Gasteiger partial charge in [-0.1, -0.05) is 6.07 Å². The molecule has 1 amide bonds. The molecule has 0 bridgehead atoms. The third-order valence-electron chi connectivity index (χ3n) is 2.07. The lowest BCUT2D eigenvalue weighted by molar-refractivity contribution is -0.136. The van der Waals surface area contributed by atoms with Gasteiger partial charge in [-0.25, -0.2) is 4.79 Å². The lowest BCUT2D eigenvalue weighted by Gasteiger charge is -2.06. The summed E-state index contributed by atoms with van der Waals surface area (Å²) in [6.45, 7) is 1.74. The fourth-order valence-electron chi connectivity index (χ4n) is 1.29. The van der Waals surface area contributed by atoms with Gasteiger partial charge >= 0.3 is 5.97 Å². The van der Waals surface area contributed by atoms with Crippen LogP contribution in [0.3, 0.4) is 0 Å². The number of amides is 1. The standard InChI is InChI=1S/C13H14N2O4/c1-2-19-13(18)10(9-12(17)15-7-8-16)11-5-3-4-6-14-11/h3-6,8-9H,2,7H2,1H3,(H,15,17). The van der Waals surface area contributed by atoms with Crippen LogP contribution in [0.25, 0.3) is 5.57 Å². The average molecular weight is 262 g/mol. The second kappa shape index (κ2) is 7.75. The number of pyridine rings is 1. The van der Waals surface area contributed by atoms with E-state index in [1.165, 1.54) is 6.20 Å². The summed E-state index contributed by atoms with van der Waals surface area (Å²) in [6, 6.07) is 4.98. The molecule has 0 atom stereocenters. The summed E-state index contributed by atoms with van der Waals surface area (Å²) in [7, 11) is 0. The molecule has 1 N–H and O–H groups in total. The van der Waals surface area contributed by atoms with Gasteiger partial charge < -0.3 is 14.8 Å². The summed E-state index contributed by atoms with van der Waals surface area (Å²) >= 11 is 0. The SMILES string of the molecule is CCOC(=O)C(=CC(=O)NCC=O)c1ccccn1. The highest BCUT2D eigenvalue weighted by Crippen LogP contribution is 2.13. The van der Waals surface area contributed by atoms with Gasteiger partial charge in [0.05, 0.1) is 24.4 Å². The predicted molar refractivity (Wildman–Crippen MR) is 67.9 cm³/mol. The first-order valence-electron chi connectivity index (χ1n) is 5.70. The number of carbonyl (C=O) groups excluding carboxylic acids is 3. The number of aromatic nitrogens is 1.